The van der Waals surface area contributed by atoms with E-state index in [0.29, 0.717) is 28.3 Å². The number of imidazole rings is 1. The Morgan fingerprint density at radius 3 is 2.62 bits per heavy atom. The molecule has 0 fully saturated rings. The summed E-state index contributed by atoms with van der Waals surface area (Å²) in [6.45, 7) is 1.61. The van der Waals surface area contributed by atoms with Crippen LogP contribution in [0.1, 0.15) is 15.9 Å². The van der Waals surface area contributed by atoms with Crippen LogP contribution in [-0.4, -0.2) is 20.2 Å². The molecule has 4 rings (SSSR count). The van der Waals surface area contributed by atoms with Crippen LogP contribution >= 0.6 is 0 Å². The van der Waals surface area contributed by atoms with Gasteiger partial charge in [0.05, 0.1) is 4.92 Å². The summed E-state index contributed by atoms with van der Waals surface area (Å²) in [5.41, 5.74) is 2.17. The first kappa shape index (κ1) is 18.3. The Morgan fingerprint density at radius 2 is 1.90 bits per heavy atom. The van der Waals surface area contributed by atoms with Crippen molar-refractivity contribution in [3.05, 3.63) is 93.9 Å². The highest BCUT2D eigenvalue weighted by molar-refractivity contribution is 6.06. The predicted octanol–water partition coefficient (Wildman–Crippen LogP) is 4.61. The fourth-order valence-corrected chi connectivity index (χ4v) is 3.05. The molecular weight excluding hydrogens is 375 g/mol. The summed E-state index contributed by atoms with van der Waals surface area (Å²) in [5.74, 6) is -0.502. The van der Waals surface area contributed by atoms with E-state index < -0.39 is 10.8 Å². The van der Waals surface area contributed by atoms with Gasteiger partial charge in [-0.25, -0.2) is 9.37 Å². The second-order valence-electron chi connectivity index (χ2n) is 6.46. The lowest BCUT2D eigenvalue weighted by molar-refractivity contribution is -0.385. The van der Waals surface area contributed by atoms with Crippen LogP contribution in [0, 0.1) is 22.9 Å². The lowest BCUT2D eigenvalue weighted by atomic mass is 10.1. The number of nitrogens with zero attached hydrogens (tertiary/aromatic N) is 3. The number of pyridine rings is 1. The molecular formula is C21H15FN4O3. The summed E-state index contributed by atoms with van der Waals surface area (Å²) in [7, 11) is 0. The Labute approximate surface area is 164 Å². The van der Waals surface area contributed by atoms with Gasteiger partial charge in [0, 0.05) is 29.0 Å². The van der Waals surface area contributed by atoms with E-state index in [-0.39, 0.29) is 17.1 Å². The molecule has 1 N–H and O–H groups in total. The molecule has 29 heavy (non-hydrogen) atoms. The largest absolute Gasteiger partial charge is 0.306 e. The van der Waals surface area contributed by atoms with E-state index in [4.69, 9.17) is 0 Å². The van der Waals surface area contributed by atoms with Crippen LogP contribution in [0.5, 0.6) is 0 Å². The Morgan fingerprint density at radius 1 is 1.14 bits per heavy atom. The summed E-state index contributed by atoms with van der Waals surface area (Å²) in [6.07, 6.45) is 1.74. The minimum Gasteiger partial charge on any atom is -0.306 e. The number of nitrogens with one attached hydrogen (secondary N) is 1. The van der Waals surface area contributed by atoms with E-state index >= 15 is 0 Å². The maximum absolute atomic E-state index is 13.3. The summed E-state index contributed by atoms with van der Waals surface area (Å²) in [6, 6.07) is 15.4. The van der Waals surface area contributed by atoms with Gasteiger partial charge in [0.2, 0.25) is 0 Å². The molecule has 2 aromatic heterocycles. The fourth-order valence-electron chi connectivity index (χ4n) is 3.05. The number of hydrogen-bond donors (Lipinski definition) is 1. The molecule has 0 aliphatic heterocycles. The molecule has 2 aromatic carbocycles. The van der Waals surface area contributed by atoms with Gasteiger partial charge in [0.15, 0.2) is 0 Å². The highest BCUT2D eigenvalue weighted by atomic mass is 19.1. The standard InChI is InChI=1S/C21H15FN4O3/c1-13-5-6-15(12-17(13)26(28)29)21(27)24-20-19(14-7-9-16(22)10-8-14)23-18-4-2-3-11-25(18)20/h2-12H,1H3,(H,24,27). The van der Waals surface area contributed by atoms with Crippen LogP contribution < -0.4 is 5.32 Å². The quantitative estimate of drug-likeness (QED) is 0.407. The number of rotatable bonds is 4. The zero-order chi connectivity index (χ0) is 20.5. The molecule has 8 heteroatoms. The van der Waals surface area contributed by atoms with Gasteiger partial charge in [-0.1, -0.05) is 12.1 Å². The molecule has 0 radical (unpaired) electrons. The lowest BCUT2D eigenvalue weighted by Crippen LogP contribution is -2.14. The number of carbonyl (C=O) groups is 1. The Balaban J connectivity index is 1.78. The average molecular weight is 390 g/mol. The number of benzene rings is 2. The number of carbonyl (C=O) groups excluding carboxylic acids is 1. The monoisotopic (exact) mass is 390 g/mol. The average Bonchev–Trinajstić information content (AvgIpc) is 3.07. The van der Waals surface area contributed by atoms with Crippen molar-refractivity contribution < 1.29 is 14.1 Å². The van der Waals surface area contributed by atoms with Crippen molar-refractivity contribution in [3.63, 3.8) is 0 Å². The first-order valence-corrected chi connectivity index (χ1v) is 8.73. The van der Waals surface area contributed by atoms with E-state index in [1.54, 1.807) is 41.8 Å². The summed E-state index contributed by atoms with van der Waals surface area (Å²) >= 11 is 0. The molecule has 144 valence electrons. The number of nitro benzene ring substituents is 1. The van der Waals surface area contributed by atoms with Crippen molar-refractivity contribution in [3.8, 4) is 11.3 Å². The number of amides is 1. The topological polar surface area (TPSA) is 89.5 Å². The van der Waals surface area contributed by atoms with Gasteiger partial charge in [0.25, 0.3) is 11.6 Å². The van der Waals surface area contributed by atoms with Crippen molar-refractivity contribution >= 4 is 23.1 Å². The van der Waals surface area contributed by atoms with Gasteiger partial charge in [-0.3, -0.25) is 19.3 Å². The van der Waals surface area contributed by atoms with Gasteiger partial charge in [0.1, 0.15) is 23.0 Å². The number of aryl methyl sites for hydroxylation is 1. The fraction of sp³-hybridized carbons (Fsp3) is 0.0476. The van der Waals surface area contributed by atoms with Crippen molar-refractivity contribution in [2.24, 2.45) is 0 Å². The highest BCUT2D eigenvalue weighted by Gasteiger charge is 2.19. The van der Waals surface area contributed by atoms with Crippen LogP contribution in [0.15, 0.2) is 66.9 Å². The third-order valence-corrected chi connectivity index (χ3v) is 4.55. The van der Waals surface area contributed by atoms with Crippen LogP contribution in [0.25, 0.3) is 16.9 Å². The molecule has 0 bridgehead atoms. The summed E-state index contributed by atoms with van der Waals surface area (Å²) < 4.78 is 15.0. The summed E-state index contributed by atoms with van der Waals surface area (Å²) in [5, 5.41) is 14.0. The second kappa shape index (κ2) is 7.16. The molecule has 2 heterocycles. The summed E-state index contributed by atoms with van der Waals surface area (Å²) in [4.78, 5) is 28.0. The molecule has 0 unspecified atom stereocenters. The van der Waals surface area contributed by atoms with Crippen LogP contribution in [-0.2, 0) is 0 Å². The number of aromatic nitrogens is 2. The van der Waals surface area contributed by atoms with Gasteiger partial charge in [-0.2, -0.15) is 0 Å². The van der Waals surface area contributed by atoms with E-state index in [0.717, 1.165) is 0 Å². The number of nitro groups is 1. The first-order chi connectivity index (χ1) is 13.9. The zero-order valence-electron chi connectivity index (χ0n) is 15.3. The second-order valence-corrected chi connectivity index (χ2v) is 6.46. The third-order valence-electron chi connectivity index (χ3n) is 4.55. The van der Waals surface area contributed by atoms with Gasteiger partial charge >= 0.3 is 0 Å². The van der Waals surface area contributed by atoms with Crippen molar-refractivity contribution in [2.75, 3.05) is 5.32 Å². The zero-order valence-corrected chi connectivity index (χ0v) is 15.3. The van der Waals surface area contributed by atoms with E-state index in [1.807, 2.05) is 6.07 Å². The van der Waals surface area contributed by atoms with Crippen molar-refractivity contribution in [1.82, 2.24) is 9.38 Å². The van der Waals surface area contributed by atoms with Crippen LogP contribution in [0.4, 0.5) is 15.9 Å². The molecule has 1 amide bonds. The lowest BCUT2D eigenvalue weighted by Gasteiger charge is -2.08. The molecule has 4 aromatic rings. The number of halogens is 1. The van der Waals surface area contributed by atoms with Gasteiger partial charge in [-0.05, 0) is 49.4 Å². The number of fused-ring (bicyclic) bond motifs is 1. The molecule has 0 atom stereocenters. The molecule has 0 spiro atoms. The highest BCUT2D eigenvalue weighted by Crippen LogP contribution is 2.29. The van der Waals surface area contributed by atoms with Crippen LogP contribution in [0.3, 0.4) is 0 Å². The Hall–Kier alpha value is -4.07. The van der Waals surface area contributed by atoms with Crippen molar-refractivity contribution in [2.45, 2.75) is 6.92 Å². The first-order valence-electron chi connectivity index (χ1n) is 8.73. The van der Waals surface area contributed by atoms with E-state index in [9.17, 15) is 19.3 Å². The maximum atomic E-state index is 13.3. The minimum absolute atomic E-state index is 0.130. The van der Waals surface area contributed by atoms with Crippen LogP contribution in [0.2, 0.25) is 0 Å². The molecule has 0 aliphatic carbocycles. The smallest absolute Gasteiger partial charge is 0.273 e. The van der Waals surface area contributed by atoms with Gasteiger partial charge < -0.3 is 5.32 Å². The molecule has 0 saturated carbocycles. The SMILES string of the molecule is Cc1ccc(C(=O)Nc2c(-c3ccc(F)cc3)nc3ccccn23)cc1[N+](=O)[O-]. The molecule has 7 nitrogen and oxygen atoms in total. The molecule has 0 aliphatic rings. The number of anilines is 1. The minimum atomic E-state index is -0.524. The van der Waals surface area contributed by atoms with E-state index in [1.165, 1.54) is 30.3 Å². The molecule has 0 saturated heterocycles. The van der Waals surface area contributed by atoms with Gasteiger partial charge in [-0.15, -0.1) is 0 Å². The predicted molar refractivity (Wildman–Crippen MR) is 106 cm³/mol. The Bertz CT molecular complexity index is 1250. The van der Waals surface area contributed by atoms with Crippen molar-refractivity contribution in [1.29, 1.82) is 0 Å². The number of hydrogen-bond acceptors (Lipinski definition) is 4. The third kappa shape index (κ3) is 3.43. The van der Waals surface area contributed by atoms with E-state index in [2.05, 4.69) is 10.3 Å². The normalized spacial score (nSPS) is 10.8. The maximum Gasteiger partial charge on any atom is 0.273 e. The Kier molecular flexibility index (Phi) is 4.52.